The predicted molar refractivity (Wildman–Crippen MR) is 246 cm³/mol. The second-order valence-corrected chi connectivity index (χ2v) is 17.9. The van der Waals surface area contributed by atoms with E-state index in [1.807, 2.05) is 36.4 Å². The molecule has 16 heteroatoms. The summed E-state index contributed by atoms with van der Waals surface area (Å²) in [6, 6.07) is 18.8. The third-order valence-electron chi connectivity index (χ3n) is 12.8. The number of halogens is 1. The highest BCUT2D eigenvalue weighted by Gasteiger charge is 2.37. The van der Waals surface area contributed by atoms with Gasteiger partial charge in [0, 0.05) is 94.0 Å². The van der Waals surface area contributed by atoms with Gasteiger partial charge in [-0.1, -0.05) is 48.0 Å². The molecule has 15 nitrogen and oxygen atoms in total. The number of benzene rings is 3. The van der Waals surface area contributed by atoms with E-state index in [0.717, 1.165) is 74.1 Å². The first-order valence-electron chi connectivity index (χ1n) is 22.3. The molecule has 0 radical (unpaired) electrons. The molecule has 4 N–H and O–H groups in total. The number of aliphatic hydroxyl groups is 1. The molecule has 8 rings (SSSR count). The minimum Gasteiger partial charge on any atom is -0.388 e. The lowest BCUT2D eigenvalue weighted by molar-refractivity contribution is -0.140. The fourth-order valence-electron chi connectivity index (χ4n) is 8.96. The van der Waals surface area contributed by atoms with Crippen LogP contribution in [0.25, 0.3) is 21.8 Å². The molecule has 2 aliphatic heterocycles. The molecule has 3 aliphatic rings. The van der Waals surface area contributed by atoms with E-state index in [4.69, 9.17) is 16.6 Å². The summed E-state index contributed by atoms with van der Waals surface area (Å²) >= 11 is 6.73. The Balaban J connectivity index is 0.842. The second kappa shape index (κ2) is 20.0. The number of amides is 4. The molecule has 0 spiro atoms. The Kier molecular flexibility index (Phi) is 14.0. The summed E-state index contributed by atoms with van der Waals surface area (Å²) in [6.07, 6.45) is 6.31. The average Bonchev–Trinajstić information content (AvgIpc) is 3.30. The number of rotatable bonds is 14. The smallest absolute Gasteiger partial charge is 0.261 e. The second-order valence-electron chi connectivity index (χ2n) is 17.5. The number of nitrogens with one attached hydrogen (secondary N) is 3. The number of fused-ring (bicyclic) bond motifs is 3. The number of carbonyl (C=O) groups excluding carboxylic acids is 4. The quantitative estimate of drug-likeness (QED) is 0.128. The molecule has 0 saturated carbocycles. The van der Waals surface area contributed by atoms with Gasteiger partial charge in [-0.2, -0.15) is 0 Å². The lowest BCUT2D eigenvalue weighted by Crippen LogP contribution is -2.55. The van der Waals surface area contributed by atoms with Gasteiger partial charge in [-0.05, 0) is 87.0 Å². The molecule has 2 saturated heterocycles. The van der Waals surface area contributed by atoms with Gasteiger partial charge in [0.15, 0.2) is 0 Å². The summed E-state index contributed by atoms with van der Waals surface area (Å²) in [5, 5.41) is 22.2. The van der Waals surface area contributed by atoms with Crippen LogP contribution in [0.1, 0.15) is 65.7 Å². The highest BCUT2D eigenvalue weighted by Crippen LogP contribution is 2.33. The van der Waals surface area contributed by atoms with E-state index in [9.17, 15) is 29.1 Å². The largest absolute Gasteiger partial charge is 0.388 e. The maximum Gasteiger partial charge on any atom is 0.261 e. The summed E-state index contributed by atoms with van der Waals surface area (Å²) in [5.74, 6) is -1.11. The van der Waals surface area contributed by atoms with Crippen LogP contribution in [0.5, 0.6) is 0 Å². The third-order valence-corrected chi connectivity index (χ3v) is 13.3. The number of piperidine rings is 1. The van der Waals surface area contributed by atoms with Crippen molar-refractivity contribution >= 4 is 62.7 Å². The summed E-state index contributed by atoms with van der Waals surface area (Å²) in [5.41, 5.74) is 3.43. The van der Waals surface area contributed by atoms with Crippen LogP contribution >= 0.6 is 11.6 Å². The SMILES string of the molecule is CN1CCN(CCC(=O)Nc2ccc3c(=O)n(CC4(O)CCN(C(=O)[C@H](Cc5ccccc5)NC(=O)CCNC(=O)c5ccc6c(Cl)c7c(nc6c5)CCCC7)CC4)cnc3c2)CC1. The van der Waals surface area contributed by atoms with Gasteiger partial charge in [0.25, 0.3) is 11.5 Å². The number of hydrogen-bond donors (Lipinski definition) is 4. The Hall–Kier alpha value is -5.74. The van der Waals surface area contributed by atoms with Crippen molar-refractivity contribution < 1.29 is 24.3 Å². The van der Waals surface area contributed by atoms with Crippen molar-refractivity contribution in [3.8, 4) is 0 Å². The Labute approximate surface area is 377 Å². The Morgan fingerprint density at radius 2 is 1.61 bits per heavy atom. The lowest BCUT2D eigenvalue weighted by atomic mass is 9.90. The van der Waals surface area contributed by atoms with E-state index in [-0.39, 0.29) is 81.1 Å². The molecule has 0 unspecified atom stereocenters. The molecule has 0 bridgehead atoms. The summed E-state index contributed by atoms with van der Waals surface area (Å²) in [4.78, 5) is 82.3. The van der Waals surface area contributed by atoms with Gasteiger partial charge in [0.2, 0.25) is 17.7 Å². The highest BCUT2D eigenvalue weighted by molar-refractivity contribution is 6.36. The van der Waals surface area contributed by atoms with Crippen LogP contribution in [0, 0.1) is 0 Å². The van der Waals surface area contributed by atoms with Crippen molar-refractivity contribution in [1.82, 2.24) is 39.9 Å². The van der Waals surface area contributed by atoms with Crippen molar-refractivity contribution in [2.24, 2.45) is 0 Å². The van der Waals surface area contributed by atoms with Crippen molar-refractivity contribution in [2.75, 3.05) is 64.7 Å². The number of carbonyl (C=O) groups is 4. The lowest BCUT2D eigenvalue weighted by Gasteiger charge is -2.39. The molecule has 4 heterocycles. The predicted octanol–water partition coefficient (Wildman–Crippen LogP) is 3.95. The number of aryl methyl sites for hydroxylation is 1. The number of likely N-dealkylation sites (N-methyl/N-ethyl adjacent to an activating group) is 1. The van der Waals surface area contributed by atoms with E-state index in [0.29, 0.717) is 45.7 Å². The van der Waals surface area contributed by atoms with Gasteiger partial charge < -0.3 is 35.8 Å². The van der Waals surface area contributed by atoms with E-state index in [2.05, 4.69) is 37.8 Å². The fraction of sp³-hybridized carbons (Fsp3) is 0.438. The molecule has 4 amide bonds. The number of anilines is 1. The van der Waals surface area contributed by atoms with Gasteiger partial charge >= 0.3 is 0 Å². The number of pyridine rings is 1. The number of nitrogens with zero attached hydrogens (tertiary/aromatic N) is 6. The first-order valence-corrected chi connectivity index (χ1v) is 22.7. The van der Waals surface area contributed by atoms with E-state index in [1.54, 1.807) is 35.2 Å². The van der Waals surface area contributed by atoms with E-state index < -0.39 is 11.6 Å². The van der Waals surface area contributed by atoms with Crippen molar-refractivity contribution in [2.45, 2.75) is 76.0 Å². The molecule has 2 fully saturated rings. The molecule has 1 atom stereocenters. The van der Waals surface area contributed by atoms with Crippen LogP contribution in [0.15, 0.2) is 77.9 Å². The maximum absolute atomic E-state index is 14.1. The Morgan fingerprint density at radius 3 is 2.39 bits per heavy atom. The van der Waals surface area contributed by atoms with Crippen LogP contribution in [0.2, 0.25) is 5.02 Å². The van der Waals surface area contributed by atoms with Crippen molar-refractivity contribution in [1.29, 1.82) is 0 Å². The number of likely N-dealkylation sites (tertiary alicyclic amines) is 1. The minimum atomic E-state index is -1.28. The van der Waals surface area contributed by atoms with Crippen LogP contribution in [0.4, 0.5) is 5.69 Å². The summed E-state index contributed by atoms with van der Waals surface area (Å²) in [6.45, 7) is 5.01. The zero-order valence-electron chi connectivity index (χ0n) is 36.3. The molecule has 2 aromatic heterocycles. The van der Waals surface area contributed by atoms with Gasteiger partial charge in [0.1, 0.15) is 6.04 Å². The van der Waals surface area contributed by atoms with Gasteiger partial charge in [0.05, 0.1) is 39.9 Å². The number of piperazine rings is 1. The van der Waals surface area contributed by atoms with Crippen LogP contribution in [-0.4, -0.2) is 129 Å². The van der Waals surface area contributed by atoms with Crippen molar-refractivity contribution in [3.63, 3.8) is 0 Å². The van der Waals surface area contributed by atoms with Crippen LogP contribution in [0.3, 0.4) is 0 Å². The molecule has 64 heavy (non-hydrogen) atoms. The normalized spacial score (nSPS) is 17.1. The molecule has 1 aliphatic carbocycles. The fourth-order valence-corrected chi connectivity index (χ4v) is 9.32. The summed E-state index contributed by atoms with van der Waals surface area (Å²) in [7, 11) is 2.10. The molecule has 3 aromatic carbocycles. The topological polar surface area (TPSA) is 182 Å². The zero-order valence-corrected chi connectivity index (χ0v) is 37.0. The first-order chi connectivity index (χ1) is 30.9. The number of hydrogen-bond acceptors (Lipinski definition) is 10. The third kappa shape index (κ3) is 10.8. The highest BCUT2D eigenvalue weighted by atomic mass is 35.5. The average molecular weight is 890 g/mol. The van der Waals surface area contributed by atoms with Gasteiger partial charge in [-0.3, -0.25) is 33.5 Å². The monoisotopic (exact) mass is 889 g/mol. The summed E-state index contributed by atoms with van der Waals surface area (Å²) < 4.78 is 1.39. The minimum absolute atomic E-state index is 0.0110. The first kappa shape index (κ1) is 44.9. The molecule has 336 valence electrons. The van der Waals surface area contributed by atoms with Gasteiger partial charge in [-0.25, -0.2) is 4.98 Å². The maximum atomic E-state index is 14.1. The zero-order chi connectivity index (χ0) is 44.8. The molecular weight excluding hydrogens is 834 g/mol. The molecule has 5 aromatic rings. The van der Waals surface area contributed by atoms with Gasteiger partial charge in [-0.15, -0.1) is 0 Å². The molecular formula is C48H56ClN9O6. The number of aromatic nitrogens is 3. The van der Waals surface area contributed by atoms with Crippen molar-refractivity contribution in [3.05, 3.63) is 111 Å². The Bertz CT molecular complexity index is 2590. The Morgan fingerprint density at radius 1 is 0.859 bits per heavy atom. The van der Waals surface area contributed by atoms with Crippen LogP contribution in [-0.2, 0) is 40.2 Å². The van der Waals surface area contributed by atoms with Crippen LogP contribution < -0.4 is 21.5 Å². The van der Waals surface area contributed by atoms with E-state index in [1.165, 1.54) is 10.9 Å². The van der Waals surface area contributed by atoms with E-state index >= 15 is 0 Å². The standard InChI is InChI=1S/C48H56ClN9O6/c1-55-23-25-56(26-24-55)20-16-43(60)52-34-12-14-37-39(29-34)51-31-58(46(37)62)30-48(64)17-21-57(22-18-48)47(63)41(27-32-7-3-2-4-8-32)54-42(59)15-19-50-45(61)33-11-13-36-40(28-33)53-38-10-6-5-9-35(38)44(36)49/h2-4,7-8,11-14,28-29,31,41,64H,5-6,9-10,15-27,30H2,1H3,(H,50,61)(H,52,60)(H,54,59)/t41-/m0/s1.